The minimum atomic E-state index is -2.88. The average molecular weight is 352 g/mol. The van der Waals surface area contributed by atoms with Crippen LogP contribution in [0.5, 0.6) is 5.75 Å². The molecular weight excluding hydrogens is 339 g/mol. The summed E-state index contributed by atoms with van der Waals surface area (Å²) in [7, 11) is 1.21. The second kappa shape index (κ2) is 6.26. The molecule has 0 aliphatic rings. The number of ether oxygens (including phenoxy) is 1. The maximum atomic E-state index is 12.8. The van der Waals surface area contributed by atoms with Crippen molar-refractivity contribution in [2.45, 2.75) is 26.4 Å². The van der Waals surface area contributed by atoms with Crippen LogP contribution in [0.15, 0.2) is 16.9 Å². The average Bonchev–Trinajstić information content (AvgIpc) is 2.69. The molecule has 0 saturated heterocycles. The second-order valence-electron chi connectivity index (χ2n) is 4.81. The highest BCUT2D eigenvalue weighted by atomic mass is 35.5. The molecule has 1 aromatic carbocycles. The van der Waals surface area contributed by atoms with Crippen molar-refractivity contribution in [3.63, 3.8) is 0 Å². The Morgan fingerprint density at radius 3 is 2.36 bits per heavy atom. The fourth-order valence-corrected chi connectivity index (χ4v) is 2.33. The van der Waals surface area contributed by atoms with Gasteiger partial charge >= 0.3 is 5.69 Å². The van der Waals surface area contributed by atoms with Crippen LogP contribution in [-0.4, -0.2) is 20.5 Å². The van der Waals surface area contributed by atoms with E-state index >= 15 is 0 Å². The van der Waals surface area contributed by atoms with Crippen LogP contribution in [0.2, 0.25) is 10.0 Å². The van der Waals surface area contributed by atoms with E-state index in [1.807, 2.05) is 0 Å². The molecule has 0 unspecified atom stereocenters. The first kappa shape index (κ1) is 16.8. The minimum absolute atomic E-state index is 0.0992. The molecule has 2 aromatic rings. The summed E-state index contributed by atoms with van der Waals surface area (Å²) < 4.78 is 32.7. The Hall–Kier alpha value is -1.60. The molecule has 0 N–H and O–H groups in total. The van der Waals surface area contributed by atoms with Crippen LogP contribution in [0.3, 0.4) is 0 Å². The number of hydrogen-bond donors (Lipinski definition) is 0. The topological polar surface area (TPSA) is 49.0 Å². The van der Waals surface area contributed by atoms with Crippen molar-refractivity contribution in [1.29, 1.82) is 0 Å². The van der Waals surface area contributed by atoms with Gasteiger partial charge in [-0.2, -0.15) is 4.68 Å². The van der Waals surface area contributed by atoms with Gasteiger partial charge in [0.2, 0.25) is 5.82 Å². The quantitative estimate of drug-likeness (QED) is 0.845. The predicted octanol–water partition coefficient (Wildman–Crippen LogP) is 3.60. The number of hydrogen-bond acceptors (Lipinski definition) is 3. The lowest BCUT2D eigenvalue weighted by Crippen LogP contribution is -2.22. The standard InChI is InChI=1S/C13H13Cl2F2N3O2/c1-6(2)22-10-5-9(7(14)4-8(10)15)20-13(21)19(3)12(18-20)11(16)17/h4-6,11H,1-3H3. The summed E-state index contributed by atoms with van der Waals surface area (Å²) in [5.74, 6) is -0.366. The van der Waals surface area contributed by atoms with Gasteiger partial charge in [-0.15, -0.1) is 5.10 Å². The fraction of sp³-hybridized carbons (Fsp3) is 0.385. The number of rotatable bonds is 4. The van der Waals surface area contributed by atoms with Gasteiger partial charge in [-0.05, 0) is 19.9 Å². The first-order chi connectivity index (χ1) is 10.2. The van der Waals surface area contributed by atoms with Gasteiger partial charge in [-0.25, -0.2) is 13.6 Å². The normalized spacial score (nSPS) is 11.5. The van der Waals surface area contributed by atoms with Crippen molar-refractivity contribution in [1.82, 2.24) is 14.3 Å². The third-order valence-electron chi connectivity index (χ3n) is 2.80. The Morgan fingerprint density at radius 1 is 1.23 bits per heavy atom. The largest absolute Gasteiger partial charge is 0.489 e. The second-order valence-corrected chi connectivity index (χ2v) is 5.63. The Morgan fingerprint density at radius 2 is 1.86 bits per heavy atom. The summed E-state index contributed by atoms with van der Waals surface area (Å²) >= 11 is 12.1. The molecule has 0 fully saturated rings. The van der Waals surface area contributed by atoms with E-state index in [-0.39, 0.29) is 27.6 Å². The summed E-state index contributed by atoms with van der Waals surface area (Å²) in [6, 6.07) is 2.77. The van der Waals surface area contributed by atoms with Crippen molar-refractivity contribution >= 4 is 23.2 Å². The lowest BCUT2D eigenvalue weighted by molar-refractivity contribution is 0.136. The lowest BCUT2D eigenvalue weighted by atomic mass is 10.3. The summed E-state index contributed by atoms with van der Waals surface area (Å²) in [6.07, 6.45) is -3.04. The molecule has 120 valence electrons. The van der Waals surface area contributed by atoms with Crippen molar-refractivity contribution < 1.29 is 13.5 Å². The van der Waals surface area contributed by atoms with Crippen LogP contribution < -0.4 is 10.4 Å². The Balaban J connectivity index is 2.62. The predicted molar refractivity (Wildman–Crippen MR) is 79.5 cm³/mol. The van der Waals surface area contributed by atoms with Crippen molar-refractivity contribution in [3.8, 4) is 11.4 Å². The molecule has 0 bridgehead atoms. The third kappa shape index (κ3) is 3.10. The fourth-order valence-electron chi connectivity index (χ4n) is 1.82. The molecule has 2 rings (SSSR count). The number of aromatic nitrogens is 3. The monoisotopic (exact) mass is 351 g/mol. The minimum Gasteiger partial charge on any atom is -0.489 e. The van der Waals surface area contributed by atoms with Crippen molar-refractivity contribution in [2.24, 2.45) is 7.05 Å². The van der Waals surface area contributed by atoms with Crippen LogP contribution >= 0.6 is 23.2 Å². The van der Waals surface area contributed by atoms with Crippen LogP contribution in [0, 0.1) is 0 Å². The van der Waals surface area contributed by atoms with Crippen molar-refractivity contribution in [3.05, 3.63) is 38.5 Å². The Bertz CT molecular complexity index is 756. The smallest absolute Gasteiger partial charge is 0.350 e. The molecule has 0 amide bonds. The van der Waals surface area contributed by atoms with Gasteiger partial charge in [0.15, 0.2) is 0 Å². The number of halogens is 4. The summed E-state index contributed by atoms with van der Waals surface area (Å²) in [4.78, 5) is 12.1. The maximum absolute atomic E-state index is 12.8. The molecule has 5 nitrogen and oxygen atoms in total. The molecule has 22 heavy (non-hydrogen) atoms. The number of alkyl halides is 2. The Kier molecular flexibility index (Phi) is 4.77. The van der Waals surface area contributed by atoms with E-state index in [0.29, 0.717) is 0 Å². The highest BCUT2D eigenvalue weighted by Crippen LogP contribution is 2.33. The molecule has 0 spiro atoms. The highest BCUT2D eigenvalue weighted by Gasteiger charge is 2.21. The van der Waals surface area contributed by atoms with E-state index in [1.54, 1.807) is 13.8 Å². The van der Waals surface area contributed by atoms with Crippen LogP contribution in [0.4, 0.5) is 8.78 Å². The van der Waals surface area contributed by atoms with E-state index in [4.69, 9.17) is 27.9 Å². The van der Waals surface area contributed by atoms with E-state index < -0.39 is 17.9 Å². The molecular formula is C13H13Cl2F2N3O2. The molecule has 9 heteroatoms. The van der Waals surface area contributed by atoms with E-state index in [9.17, 15) is 13.6 Å². The first-order valence-corrected chi connectivity index (χ1v) is 7.08. The molecule has 0 saturated carbocycles. The van der Waals surface area contributed by atoms with Gasteiger partial charge in [-0.1, -0.05) is 23.2 Å². The molecule has 0 aliphatic carbocycles. The molecule has 0 atom stereocenters. The van der Waals surface area contributed by atoms with Gasteiger partial charge in [0, 0.05) is 13.1 Å². The zero-order valence-electron chi connectivity index (χ0n) is 12.0. The third-order valence-corrected chi connectivity index (χ3v) is 3.40. The van der Waals surface area contributed by atoms with Crippen LogP contribution in [0.25, 0.3) is 5.69 Å². The zero-order valence-corrected chi connectivity index (χ0v) is 13.5. The van der Waals surface area contributed by atoms with E-state index in [1.165, 1.54) is 19.2 Å². The number of benzene rings is 1. The van der Waals surface area contributed by atoms with Gasteiger partial charge in [0.05, 0.1) is 21.8 Å². The maximum Gasteiger partial charge on any atom is 0.350 e. The zero-order chi connectivity index (χ0) is 16.6. The van der Waals surface area contributed by atoms with Gasteiger partial charge in [0.1, 0.15) is 5.75 Å². The van der Waals surface area contributed by atoms with Gasteiger partial charge in [-0.3, -0.25) is 4.57 Å². The van der Waals surface area contributed by atoms with Crippen LogP contribution in [-0.2, 0) is 7.05 Å². The molecule has 1 heterocycles. The summed E-state index contributed by atoms with van der Waals surface area (Å²) in [5.41, 5.74) is -0.621. The van der Waals surface area contributed by atoms with Crippen molar-refractivity contribution in [2.75, 3.05) is 0 Å². The highest BCUT2D eigenvalue weighted by molar-refractivity contribution is 6.36. The van der Waals surface area contributed by atoms with E-state index in [2.05, 4.69) is 5.10 Å². The van der Waals surface area contributed by atoms with Gasteiger partial charge in [0.25, 0.3) is 6.43 Å². The Labute approximate surface area is 135 Å². The summed E-state index contributed by atoms with van der Waals surface area (Å²) in [5, 5.41) is 3.97. The number of nitrogens with zero attached hydrogens (tertiary/aromatic N) is 3. The lowest BCUT2D eigenvalue weighted by Gasteiger charge is -2.13. The SMILES string of the molecule is CC(C)Oc1cc(-n2nc(C(F)F)n(C)c2=O)c(Cl)cc1Cl. The summed E-state index contributed by atoms with van der Waals surface area (Å²) in [6.45, 7) is 3.60. The van der Waals surface area contributed by atoms with Gasteiger partial charge < -0.3 is 4.74 Å². The molecule has 1 aromatic heterocycles. The molecule has 0 aliphatic heterocycles. The van der Waals surface area contributed by atoms with Crippen LogP contribution in [0.1, 0.15) is 26.1 Å². The van der Waals surface area contributed by atoms with E-state index in [0.717, 1.165) is 9.25 Å². The first-order valence-electron chi connectivity index (χ1n) is 6.32. The molecule has 0 radical (unpaired) electrons.